The third-order valence-electron chi connectivity index (χ3n) is 11.6. The fourth-order valence-corrected chi connectivity index (χ4v) is 9.17. The van der Waals surface area contributed by atoms with Crippen LogP contribution in [0.25, 0.3) is 0 Å². The zero-order valence-corrected chi connectivity index (χ0v) is 28.0. The van der Waals surface area contributed by atoms with Crippen LogP contribution < -0.4 is 16.4 Å². The fraction of sp³-hybridized carbons (Fsp3) is 0.811. The Hall–Kier alpha value is -1.87. The molecule has 8 heteroatoms. The molecule has 2 saturated carbocycles. The normalized spacial score (nSPS) is 34.4. The molecule has 0 aromatic rings. The molecule has 0 radical (unpaired) electrons. The molecule has 1 heterocycles. The van der Waals surface area contributed by atoms with Crippen molar-refractivity contribution in [3.8, 4) is 0 Å². The van der Waals surface area contributed by atoms with E-state index < -0.39 is 23.6 Å². The van der Waals surface area contributed by atoms with Crippen LogP contribution in [0.1, 0.15) is 110 Å². The van der Waals surface area contributed by atoms with Gasteiger partial charge in [0.15, 0.2) is 0 Å². The largest absolute Gasteiger partial charge is 0.481 e. The van der Waals surface area contributed by atoms with E-state index in [1.807, 2.05) is 6.08 Å². The van der Waals surface area contributed by atoms with Gasteiger partial charge in [-0.1, -0.05) is 70.6 Å². The Labute approximate surface area is 272 Å². The molecule has 0 amide bonds. The van der Waals surface area contributed by atoms with Crippen molar-refractivity contribution in [2.24, 2.45) is 47.2 Å². The molecule has 256 valence electrons. The highest BCUT2D eigenvalue weighted by atomic mass is 16.4. The van der Waals surface area contributed by atoms with Gasteiger partial charge in [0.05, 0.1) is 29.5 Å². The maximum atomic E-state index is 12.3. The van der Waals surface area contributed by atoms with E-state index >= 15 is 0 Å². The maximum Gasteiger partial charge on any atom is 0.309 e. The topological polar surface area (TPSA) is 148 Å². The van der Waals surface area contributed by atoms with Gasteiger partial charge in [0, 0.05) is 12.5 Å². The van der Waals surface area contributed by atoms with E-state index in [-0.39, 0.29) is 23.9 Å². The van der Waals surface area contributed by atoms with E-state index in [0.29, 0.717) is 42.8 Å². The van der Waals surface area contributed by atoms with Crippen LogP contribution in [0.5, 0.6) is 0 Å². The molecule has 1 aliphatic heterocycles. The third-order valence-corrected chi connectivity index (χ3v) is 11.6. The van der Waals surface area contributed by atoms with Crippen LogP contribution in [0.3, 0.4) is 0 Å². The van der Waals surface area contributed by atoms with E-state index in [9.17, 15) is 25.2 Å². The van der Waals surface area contributed by atoms with E-state index in [1.165, 1.54) is 24.8 Å². The number of hydrogen-bond donors (Lipinski definition) is 7. The summed E-state index contributed by atoms with van der Waals surface area (Å²) in [5.41, 5.74) is 6.38. The standard InChI is InChI=1S/C37H63N3O5/c1-3-5-7-10-25-13-14-27(33(41)20-25)11-8-6-9-12-30(36(43)44)35(42)28-15-16-32-31(19-26-17-18-40-34(38)21-26)29(24-39-4-2)23-37(32,45)22-28/h13-14,17,21,25,27-33,35,39-42,45H,3-12,15-16,18-20,22-24,38H2,1-2H3,(H,43,44)/t25-,27-,28-,29-,30+,31-,32+,33-,35-,37+/m1/s1. The molecule has 0 bridgehead atoms. The Bertz CT molecular complexity index is 1030. The first-order valence-electron chi connectivity index (χ1n) is 18.3. The molecular formula is C37H63N3O5. The summed E-state index contributed by atoms with van der Waals surface area (Å²) in [7, 11) is 0. The number of aliphatic carboxylic acids is 1. The molecular weight excluding hydrogens is 566 g/mol. The van der Waals surface area contributed by atoms with Crippen LogP contribution in [0.15, 0.2) is 35.7 Å². The Morgan fingerprint density at radius 1 is 1.11 bits per heavy atom. The molecule has 8 N–H and O–H groups in total. The summed E-state index contributed by atoms with van der Waals surface area (Å²) >= 11 is 0. The smallest absolute Gasteiger partial charge is 0.309 e. The summed E-state index contributed by atoms with van der Waals surface area (Å²) < 4.78 is 0. The van der Waals surface area contributed by atoms with Crippen LogP contribution in [0.2, 0.25) is 0 Å². The van der Waals surface area contributed by atoms with Crippen molar-refractivity contribution in [2.45, 2.75) is 128 Å². The lowest BCUT2D eigenvalue weighted by Crippen LogP contribution is -2.46. The van der Waals surface area contributed by atoms with E-state index in [0.717, 1.165) is 77.4 Å². The number of unbranched alkanes of at least 4 members (excludes halogenated alkanes) is 4. The minimum atomic E-state index is -0.957. The summed E-state index contributed by atoms with van der Waals surface area (Å²) in [5.74, 6) is 0.171. The van der Waals surface area contributed by atoms with Crippen LogP contribution >= 0.6 is 0 Å². The van der Waals surface area contributed by atoms with Gasteiger partial charge < -0.3 is 36.8 Å². The quantitative estimate of drug-likeness (QED) is 0.0804. The van der Waals surface area contributed by atoms with Gasteiger partial charge in [0.1, 0.15) is 0 Å². The lowest BCUT2D eigenvalue weighted by Gasteiger charge is -2.43. The molecule has 0 saturated heterocycles. The predicted molar refractivity (Wildman–Crippen MR) is 180 cm³/mol. The average molecular weight is 630 g/mol. The number of fused-ring (bicyclic) bond motifs is 1. The van der Waals surface area contributed by atoms with Gasteiger partial charge in [-0.2, -0.15) is 0 Å². The number of rotatable bonds is 18. The molecule has 3 aliphatic carbocycles. The van der Waals surface area contributed by atoms with Crippen LogP contribution in [-0.4, -0.2) is 63.8 Å². The number of dihydropyridines is 1. The number of hydrogen-bond acceptors (Lipinski definition) is 7. The van der Waals surface area contributed by atoms with Gasteiger partial charge in [-0.3, -0.25) is 4.79 Å². The molecule has 0 aromatic carbocycles. The van der Waals surface area contributed by atoms with E-state index in [2.05, 4.69) is 42.7 Å². The van der Waals surface area contributed by atoms with Crippen molar-refractivity contribution in [1.29, 1.82) is 0 Å². The van der Waals surface area contributed by atoms with Gasteiger partial charge in [0.25, 0.3) is 0 Å². The Balaban J connectivity index is 1.27. The minimum Gasteiger partial charge on any atom is -0.481 e. The van der Waals surface area contributed by atoms with Crippen molar-refractivity contribution in [2.75, 3.05) is 19.6 Å². The number of carboxylic acid groups (broad SMARTS) is 1. The summed E-state index contributed by atoms with van der Waals surface area (Å²) in [5, 5.41) is 50.9. The lowest BCUT2D eigenvalue weighted by molar-refractivity contribution is -0.151. The number of nitrogens with two attached hydrogens (primary N) is 1. The second-order valence-corrected chi connectivity index (χ2v) is 14.8. The predicted octanol–water partition coefficient (Wildman–Crippen LogP) is 5.24. The molecule has 4 rings (SSSR count). The molecule has 0 unspecified atom stereocenters. The zero-order chi connectivity index (χ0) is 32.4. The number of nitrogens with one attached hydrogen (secondary N) is 2. The fourth-order valence-electron chi connectivity index (χ4n) is 9.17. The Morgan fingerprint density at radius 3 is 2.62 bits per heavy atom. The third kappa shape index (κ3) is 9.82. The molecule has 4 aliphatic rings. The highest BCUT2D eigenvalue weighted by molar-refractivity contribution is 5.70. The molecule has 8 nitrogen and oxygen atoms in total. The van der Waals surface area contributed by atoms with Crippen molar-refractivity contribution in [1.82, 2.24) is 10.6 Å². The van der Waals surface area contributed by atoms with Crippen LogP contribution in [0.4, 0.5) is 0 Å². The number of aliphatic hydroxyl groups is 3. The summed E-state index contributed by atoms with van der Waals surface area (Å²) in [4.78, 5) is 12.3. The van der Waals surface area contributed by atoms with Crippen molar-refractivity contribution in [3.05, 3.63) is 35.7 Å². The number of carboxylic acids is 1. The van der Waals surface area contributed by atoms with Gasteiger partial charge in [-0.15, -0.1) is 0 Å². The van der Waals surface area contributed by atoms with Crippen LogP contribution in [-0.2, 0) is 4.79 Å². The Morgan fingerprint density at radius 2 is 1.91 bits per heavy atom. The average Bonchev–Trinajstić information content (AvgIpc) is 3.28. The maximum absolute atomic E-state index is 12.3. The van der Waals surface area contributed by atoms with Crippen molar-refractivity contribution in [3.63, 3.8) is 0 Å². The molecule has 0 aromatic heterocycles. The van der Waals surface area contributed by atoms with Crippen LogP contribution in [0, 0.1) is 41.4 Å². The first-order chi connectivity index (χ1) is 21.6. The summed E-state index contributed by atoms with van der Waals surface area (Å²) in [6.07, 6.45) is 20.7. The molecule has 0 spiro atoms. The number of aliphatic hydroxyl groups excluding tert-OH is 2. The first kappa shape index (κ1) is 36.0. The van der Waals surface area contributed by atoms with Crippen molar-refractivity contribution >= 4 is 5.97 Å². The molecule has 10 atom stereocenters. The summed E-state index contributed by atoms with van der Waals surface area (Å²) in [6.45, 7) is 6.77. The number of allylic oxidation sites excluding steroid dienone is 3. The lowest BCUT2D eigenvalue weighted by atomic mass is 9.66. The zero-order valence-electron chi connectivity index (χ0n) is 28.0. The second-order valence-electron chi connectivity index (χ2n) is 14.8. The minimum absolute atomic E-state index is 0.133. The highest BCUT2D eigenvalue weighted by Gasteiger charge is 2.55. The second kappa shape index (κ2) is 17.3. The van der Waals surface area contributed by atoms with E-state index in [1.54, 1.807) is 0 Å². The monoisotopic (exact) mass is 629 g/mol. The highest BCUT2D eigenvalue weighted by Crippen LogP contribution is 2.55. The molecule has 45 heavy (non-hydrogen) atoms. The number of carbonyl (C=O) groups is 1. The first-order valence-corrected chi connectivity index (χ1v) is 18.3. The van der Waals surface area contributed by atoms with Gasteiger partial charge >= 0.3 is 5.97 Å². The van der Waals surface area contributed by atoms with Gasteiger partial charge in [-0.25, -0.2) is 0 Å². The SMILES string of the molecule is CCCCC[C@@H]1C=C[C@@H](CCCCC[C@H](C(=O)O)[C@H](O)[C@@H]2CC[C@H]3[C@H](CC4=CCNC(N)=C4)[C@@H](CNCC)C[C@@]3(O)C2)[C@H](O)C1. The summed E-state index contributed by atoms with van der Waals surface area (Å²) in [6, 6.07) is 0. The van der Waals surface area contributed by atoms with Crippen molar-refractivity contribution < 1.29 is 25.2 Å². The van der Waals surface area contributed by atoms with E-state index in [4.69, 9.17) is 5.73 Å². The van der Waals surface area contributed by atoms with Gasteiger partial charge in [0.2, 0.25) is 0 Å². The Kier molecular flexibility index (Phi) is 13.9. The molecule has 2 fully saturated rings. The van der Waals surface area contributed by atoms with Gasteiger partial charge in [-0.05, 0) is 112 Å².